The van der Waals surface area contributed by atoms with Crippen molar-refractivity contribution in [2.24, 2.45) is 5.92 Å². The van der Waals surface area contributed by atoms with Crippen LogP contribution in [0.5, 0.6) is 0 Å². The number of hydrogen-bond acceptors (Lipinski definition) is 4. The van der Waals surface area contributed by atoms with Crippen LogP contribution in [0.1, 0.15) is 49.2 Å². The highest BCUT2D eigenvalue weighted by molar-refractivity contribution is 6.30. The monoisotopic (exact) mass is 538 g/mol. The molecule has 37 heavy (non-hydrogen) atoms. The highest BCUT2D eigenvalue weighted by atomic mass is 35.5. The number of alkyl halides is 3. The van der Waals surface area contributed by atoms with Gasteiger partial charge in [0.2, 0.25) is 11.8 Å². The number of carbonyl (C=O) groups is 3. The Morgan fingerprint density at radius 3 is 2.51 bits per heavy atom. The van der Waals surface area contributed by atoms with Crippen LogP contribution in [0.3, 0.4) is 0 Å². The van der Waals surface area contributed by atoms with E-state index in [1.54, 1.807) is 50.2 Å². The molecule has 0 radical (unpaired) electrons. The minimum absolute atomic E-state index is 0.103. The van der Waals surface area contributed by atoms with Crippen LogP contribution in [0.4, 0.5) is 13.2 Å². The van der Waals surface area contributed by atoms with Gasteiger partial charge < -0.3 is 15.5 Å². The molecule has 11 heteroatoms. The van der Waals surface area contributed by atoms with Gasteiger partial charge in [-0.3, -0.25) is 19.4 Å². The second-order valence-corrected chi connectivity index (χ2v) is 9.88. The van der Waals surface area contributed by atoms with Crippen molar-refractivity contribution in [3.8, 4) is 0 Å². The summed E-state index contributed by atoms with van der Waals surface area (Å²) in [5.74, 6) is -2.15. The smallest absolute Gasteiger partial charge is 0.351 e. The van der Waals surface area contributed by atoms with Gasteiger partial charge in [0.05, 0.1) is 6.42 Å². The van der Waals surface area contributed by atoms with Crippen LogP contribution in [0.2, 0.25) is 5.02 Å². The third kappa shape index (κ3) is 8.18. The third-order valence-electron chi connectivity index (χ3n) is 6.25. The molecule has 1 saturated heterocycles. The second kappa shape index (κ2) is 12.4. The van der Waals surface area contributed by atoms with Crippen molar-refractivity contribution < 1.29 is 27.6 Å². The van der Waals surface area contributed by atoms with Gasteiger partial charge in [-0.15, -0.1) is 0 Å². The van der Waals surface area contributed by atoms with E-state index < -0.39 is 54.4 Å². The van der Waals surface area contributed by atoms with E-state index in [1.165, 1.54) is 17.2 Å². The first-order chi connectivity index (χ1) is 17.4. The van der Waals surface area contributed by atoms with Crippen LogP contribution in [-0.4, -0.2) is 58.5 Å². The molecule has 2 N–H and O–H groups in total. The first-order valence-electron chi connectivity index (χ1n) is 12.1. The quantitative estimate of drug-likeness (QED) is 0.501. The summed E-state index contributed by atoms with van der Waals surface area (Å²) in [7, 11) is 0. The van der Waals surface area contributed by atoms with Crippen molar-refractivity contribution in [3.05, 3.63) is 64.9 Å². The molecule has 3 amide bonds. The fourth-order valence-corrected chi connectivity index (χ4v) is 4.53. The SMILES string of the molecule is CC(C)[C@@H](CC(F)(F)F)NC(=O)C1CCCN1C(=O)C(Cc1cccc(Cl)c1)NC(=O)c1ccccn1. The summed E-state index contributed by atoms with van der Waals surface area (Å²) >= 11 is 6.10. The molecule has 0 saturated carbocycles. The van der Waals surface area contributed by atoms with E-state index in [2.05, 4.69) is 15.6 Å². The van der Waals surface area contributed by atoms with Gasteiger partial charge in [-0.25, -0.2) is 0 Å². The zero-order valence-corrected chi connectivity index (χ0v) is 21.4. The Morgan fingerprint density at radius 1 is 1.14 bits per heavy atom. The topological polar surface area (TPSA) is 91.4 Å². The molecule has 1 aliphatic heterocycles. The van der Waals surface area contributed by atoms with Crippen molar-refractivity contribution in [1.29, 1.82) is 0 Å². The van der Waals surface area contributed by atoms with Crippen LogP contribution in [0.25, 0.3) is 0 Å². The van der Waals surface area contributed by atoms with Crippen LogP contribution in [0, 0.1) is 5.92 Å². The van der Waals surface area contributed by atoms with Crippen molar-refractivity contribution in [2.45, 2.75) is 63.8 Å². The Balaban J connectivity index is 1.80. The van der Waals surface area contributed by atoms with E-state index in [9.17, 15) is 27.6 Å². The average molecular weight is 539 g/mol. The van der Waals surface area contributed by atoms with Gasteiger partial charge in [0, 0.05) is 30.2 Å². The molecule has 1 aliphatic rings. The molecule has 3 rings (SSSR count). The fourth-order valence-electron chi connectivity index (χ4n) is 4.31. The summed E-state index contributed by atoms with van der Waals surface area (Å²) in [6.07, 6.45) is -3.22. The van der Waals surface area contributed by atoms with E-state index in [0.717, 1.165) is 0 Å². The lowest BCUT2D eigenvalue weighted by molar-refractivity contribution is -0.148. The molecule has 7 nitrogen and oxygen atoms in total. The number of halogens is 4. The summed E-state index contributed by atoms with van der Waals surface area (Å²) in [6, 6.07) is 8.55. The highest BCUT2D eigenvalue weighted by Crippen LogP contribution is 2.26. The predicted octanol–water partition coefficient (Wildman–Crippen LogP) is 4.16. The van der Waals surface area contributed by atoms with Crippen molar-refractivity contribution >= 4 is 29.3 Å². The number of aromatic nitrogens is 1. The molecule has 0 bridgehead atoms. The van der Waals surface area contributed by atoms with Crippen LogP contribution in [0.15, 0.2) is 48.7 Å². The summed E-state index contributed by atoms with van der Waals surface area (Å²) in [6.45, 7) is 3.44. The number of nitrogens with zero attached hydrogens (tertiary/aromatic N) is 2. The molecule has 2 heterocycles. The van der Waals surface area contributed by atoms with Gasteiger partial charge in [0.25, 0.3) is 5.91 Å². The standard InChI is InChI=1S/C26H30ClF3N4O3/c1-16(2)21(15-26(28,29)30)33-24(36)22-10-6-12-34(22)25(37)20(14-17-7-5-8-18(27)13-17)32-23(35)19-9-3-4-11-31-19/h3-5,7-9,11,13,16,20-22H,6,10,12,14-15H2,1-2H3,(H,32,35)(H,33,36)/t20?,21-,22?/m1/s1. The first-order valence-corrected chi connectivity index (χ1v) is 12.5. The molecule has 1 fully saturated rings. The van der Waals surface area contributed by atoms with Gasteiger partial charge in [-0.2, -0.15) is 13.2 Å². The van der Waals surface area contributed by atoms with Gasteiger partial charge in [-0.05, 0) is 48.6 Å². The molecule has 1 aromatic carbocycles. The van der Waals surface area contributed by atoms with Crippen molar-refractivity contribution in [2.75, 3.05) is 6.54 Å². The molecule has 0 spiro atoms. The van der Waals surface area contributed by atoms with E-state index in [4.69, 9.17) is 11.6 Å². The molecule has 2 aromatic rings. The van der Waals surface area contributed by atoms with Crippen LogP contribution in [-0.2, 0) is 16.0 Å². The number of amides is 3. The maximum absolute atomic E-state index is 13.7. The number of hydrogen-bond donors (Lipinski definition) is 2. The molecule has 0 aliphatic carbocycles. The Labute approximate surface area is 218 Å². The van der Waals surface area contributed by atoms with E-state index in [1.807, 2.05) is 0 Å². The van der Waals surface area contributed by atoms with Crippen molar-refractivity contribution in [1.82, 2.24) is 20.5 Å². The number of rotatable bonds is 9. The summed E-state index contributed by atoms with van der Waals surface area (Å²) in [5, 5.41) is 5.67. The fraction of sp³-hybridized carbons (Fsp3) is 0.462. The summed E-state index contributed by atoms with van der Waals surface area (Å²) < 4.78 is 39.1. The number of pyridine rings is 1. The van der Waals surface area contributed by atoms with E-state index in [-0.39, 0.29) is 18.7 Å². The molecule has 2 unspecified atom stereocenters. The number of likely N-dealkylation sites (tertiary alicyclic amines) is 1. The predicted molar refractivity (Wildman–Crippen MR) is 133 cm³/mol. The minimum Gasteiger partial charge on any atom is -0.351 e. The maximum Gasteiger partial charge on any atom is 0.391 e. The maximum atomic E-state index is 13.7. The Hall–Kier alpha value is -3.14. The molecule has 200 valence electrons. The molecular weight excluding hydrogens is 509 g/mol. The molecular formula is C26H30ClF3N4O3. The van der Waals surface area contributed by atoms with E-state index >= 15 is 0 Å². The zero-order chi connectivity index (χ0) is 27.2. The minimum atomic E-state index is -4.44. The molecule has 3 atom stereocenters. The first kappa shape index (κ1) is 28.4. The third-order valence-corrected chi connectivity index (χ3v) is 6.49. The Kier molecular flexibility index (Phi) is 9.53. The summed E-state index contributed by atoms with van der Waals surface area (Å²) in [4.78, 5) is 44.9. The van der Waals surface area contributed by atoms with Crippen LogP contribution < -0.4 is 10.6 Å². The number of carbonyl (C=O) groups excluding carboxylic acids is 3. The average Bonchev–Trinajstić information content (AvgIpc) is 3.32. The second-order valence-electron chi connectivity index (χ2n) is 9.44. The number of benzene rings is 1. The Bertz CT molecular complexity index is 1100. The normalized spacial score (nSPS) is 17.4. The van der Waals surface area contributed by atoms with E-state index in [0.29, 0.717) is 23.4 Å². The largest absolute Gasteiger partial charge is 0.391 e. The zero-order valence-electron chi connectivity index (χ0n) is 20.6. The van der Waals surface area contributed by atoms with Gasteiger partial charge in [0.1, 0.15) is 17.8 Å². The van der Waals surface area contributed by atoms with Gasteiger partial charge >= 0.3 is 6.18 Å². The number of nitrogens with one attached hydrogen (secondary N) is 2. The van der Waals surface area contributed by atoms with Gasteiger partial charge in [-0.1, -0.05) is 43.6 Å². The lowest BCUT2D eigenvalue weighted by Crippen LogP contribution is -2.55. The lowest BCUT2D eigenvalue weighted by atomic mass is 9.99. The lowest BCUT2D eigenvalue weighted by Gasteiger charge is -2.31. The molecule has 1 aromatic heterocycles. The highest BCUT2D eigenvalue weighted by Gasteiger charge is 2.40. The van der Waals surface area contributed by atoms with Crippen molar-refractivity contribution in [3.63, 3.8) is 0 Å². The van der Waals surface area contributed by atoms with Gasteiger partial charge in [0.15, 0.2) is 0 Å². The Morgan fingerprint density at radius 2 is 1.89 bits per heavy atom. The van der Waals surface area contributed by atoms with Crippen LogP contribution >= 0.6 is 11.6 Å². The summed E-state index contributed by atoms with van der Waals surface area (Å²) in [5.41, 5.74) is 0.812.